The van der Waals surface area contributed by atoms with E-state index in [1.807, 2.05) is 44.2 Å². The molecule has 3 rings (SSSR count). The lowest BCUT2D eigenvalue weighted by atomic mass is 9.95. The quantitative estimate of drug-likeness (QED) is 0.348. The van der Waals surface area contributed by atoms with Crippen molar-refractivity contribution in [3.8, 4) is 0 Å². The van der Waals surface area contributed by atoms with Gasteiger partial charge in [-0.2, -0.15) is 0 Å². The molecule has 0 radical (unpaired) electrons. The highest BCUT2D eigenvalue weighted by molar-refractivity contribution is 8.01. The predicted octanol–water partition coefficient (Wildman–Crippen LogP) is 1.63. The molecule has 9 nitrogen and oxygen atoms in total. The summed E-state index contributed by atoms with van der Waals surface area (Å²) >= 11 is 1.48. The fourth-order valence-electron chi connectivity index (χ4n) is 3.83. The molecule has 0 saturated carbocycles. The van der Waals surface area contributed by atoms with E-state index in [-0.39, 0.29) is 30.2 Å². The maximum Gasteiger partial charge on any atom is 0.510 e. The zero-order chi connectivity index (χ0) is 22.8. The molecular weight excluding hydrogens is 424 g/mol. The highest BCUT2D eigenvalue weighted by Gasteiger charge is 2.64. The van der Waals surface area contributed by atoms with Gasteiger partial charge in [0.2, 0.25) is 18.1 Å². The molecule has 2 aliphatic heterocycles. The number of carbonyl (C=O) groups is 3. The fourth-order valence-corrected chi connectivity index (χ4v) is 5.49. The van der Waals surface area contributed by atoms with E-state index < -0.39 is 35.6 Å². The number of thioether (sulfide) groups is 1. The molecule has 2 heterocycles. The van der Waals surface area contributed by atoms with Crippen LogP contribution >= 0.6 is 11.8 Å². The van der Waals surface area contributed by atoms with Gasteiger partial charge in [0, 0.05) is 4.75 Å². The number of benzene rings is 1. The lowest BCUT2D eigenvalue weighted by molar-refractivity contribution is -0.233. The number of β-lactam (4-membered cyclic amide) rings is 1. The van der Waals surface area contributed by atoms with Gasteiger partial charge in [0.05, 0.1) is 19.1 Å². The maximum atomic E-state index is 12.8. The van der Waals surface area contributed by atoms with Crippen LogP contribution < -0.4 is 5.32 Å². The van der Waals surface area contributed by atoms with Gasteiger partial charge in [-0.3, -0.25) is 9.59 Å². The van der Waals surface area contributed by atoms with Crippen LogP contribution in [0.15, 0.2) is 30.3 Å². The lowest BCUT2D eigenvalue weighted by Gasteiger charge is -2.46. The number of nitrogens with one attached hydrogen (secondary N) is 1. The Morgan fingerprint density at radius 2 is 1.97 bits per heavy atom. The summed E-state index contributed by atoms with van der Waals surface area (Å²) in [5.41, 5.74) is 0.861. The van der Waals surface area contributed by atoms with Gasteiger partial charge in [-0.15, -0.1) is 11.8 Å². The van der Waals surface area contributed by atoms with Crippen LogP contribution in [0.25, 0.3) is 0 Å². The Morgan fingerprint density at radius 3 is 2.61 bits per heavy atom. The van der Waals surface area contributed by atoms with Crippen molar-refractivity contribution in [2.24, 2.45) is 0 Å². The van der Waals surface area contributed by atoms with Crippen LogP contribution in [0.2, 0.25) is 0 Å². The topological polar surface area (TPSA) is 114 Å². The second kappa shape index (κ2) is 9.46. The first-order valence-corrected chi connectivity index (χ1v) is 11.0. The normalized spacial score (nSPS) is 25.8. The molecule has 2 saturated heterocycles. The van der Waals surface area contributed by atoms with Crippen molar-refractivity contribution in [3.05, 3.63) is 35.9 Å². The first-order valence-electron chi connectivity index (χ1n) is 10.1. The van der Waals surface area contributed by atoms with Crippen LogP contribution in [0.5, 0.6) is 0 Å². The zero-order valence-corrected chi connectivity index (χ0v) is 18.8. The van der Waals surface area contributed by atoms with Gasteiger partial charge < -0.3 is 29.5 Å². The average Bonchev–Trinajstić information content (AvgIpc) is 2.95. The van der Waals surface area contributed by atoms with Crippen molar-refractivity contribution in [2.75, 3.05) is 6.61 Å². The summed E-state index contributed by atoms with van der Waals surface area (Å²) in [5, 5.41) is 13.1. The third-order valence-electron chi connectivity index (χ3n) is 5.17. The van der Waals surface area contributed by atoms with Crippen molar-refractivity contribution in [1.82, 2.24) is 10.2 Å². The molecule has 0 spiro atoms. The zero-order valence-electron chi connectivity index (χ0n) is 17.9. The smallest absolute Gasteiger partial charge is 0.435 e. The number of hydrogen-bond donors (Lipinski definition) is 2. The summed E-state index contributed by atoms with van der Waals surface area (Å²) in [6.45, 7) is 7.03. The van der Waals surface area contributed by atoms with Gasteiger partial charge in [-0.25, -0.2) is 4.79 Å². The van der Waals surface area contributed by atoms with E-state index in [2.05, 4.69) is 10.1 Å². The Kier molecular flexibility index (Phi) is 7.13. The monoisotopic (exact) mass is 452 g/mol. The minimum atomic E-state index is -1.39. The summed E-state index contributed by atoms with van der Waals surface area (Å²) in [6, 6.07) is 7.95. The number of hydrogen-bond acceptors (Lipinski definition) is 8. The maximum absolute atomic E-state index is 12.8. The van der Waals surface area contributed by atoms with Crippen LogP contribution in [0.1, 0.15) is 33.3 Å². The molecule has 2 N–H and O–H groups in total. The predicted molar refractivity (Wildman–Crippen MR) is 113 cm³/mol. The number of nitrogens with zero attached hydrogens (tertiary/aromatic N) is 1. The van der Waals surface area contributed by atoms with E-state index in [0.29, 0.717) is 0 Å². The van der Waals surface area contributed by atoms with Crippen molar-refractivity contribution >= 4 is 29.7 Å². The van der Waals surface area contributed by atoms with Gasteiger partial charge in [0.25, 0.3) is 0 Å². The Morgan fingerprint density at radius 1 is 1.29 bits per heavy atom. The minimum absolute atomic E-state index is 0.155. The third kappa shape index (κ3) is 5.13. The summed E-state index contributed by atoms with van der Waals surface area (Å²) in [4.78, 5) is 38.2. The number of aliphatic hydroxyl groups excluding tert-OH is 1. The molecular formula is C21H28N2O7S. The Balaban J connectivity index is 1.60. The highest BCUT2D eigenvalue weighted by atomic mass is 32.2. The van der Waals surface area contributed by atoms with Crippen LogP contribution in [-0.4, -0.2) is 69.4 Å². The number of carbonyl (C=O) groups excluding carboxylic acids is 3. The van der Waals surface area contributed by atoms with Gasteiger partial charge in [0.15, 0.2) is 6.29 Å². The second-order valence-electron chi connectivity index (χ2n) is 7.90. The van der Waals surface area contributed by atoms with E-state index in [1.54, 1.807) is 6.92 Å². The van der Waals surface area contributed by atoms with Crippen LogP contribution in [-0.2, 0) is 30.2 Å². The van der Waals surface area contributed by atoms with E-state index in [9.17, 15) is 19.5 Å². The van der Waals surface area contributed by atoms with Crippen LogP contribution in [0.4, 0.5) is 4.79 Å². The van der Waals surface area contributed by atoms with E-state index in [1.165, 1.54) is 23.6 Å². The molecule has 1 aromatic rings. The first-order chi connectivity index (χ1) is 14.6. The largest absolute Gasteiger partial charge is 0.510 e. The number of ether oxygens (including phenoxy) is 3. The van der Waals surface area contributed by atoms with Gasteiger partial charge >= 0.3 is 6.16 Å². The van der Waals surface area contributed by atoms with Gasteiger partial charge in [-0.1, -0.05) is 30.3 Å². The number of fused-ring (bicyclic) bond motifs is 1. The van der Waals surface area contributed by atoms with Gasteiger partial charge in [-0.05, 0) is 33.3 Å². The SMILES string of the molecule is CCOC(=O)OC(C)OC(O)C1N2C(=O)[C@@H](NC(=O)Cc3ccccc3)C2SC1(C)C. The Labute approximate surface area is 185 Å². The molecule has 10 heteroatoms. The molecule has 2 aliphatic rings. The minimum Gasteiger partial charge on any atom is -0.435 e. The molecule has 0 aliphatic carbocycles. The van der Waals surface area contributed by atoms with E-state index in [4.69, 9.17) is 9.47 Å². The fraction of sp³-hybridized carbons (Fsp3) is 0.571. The second-order valence-corrected chi connectivity index (χ2v) is 9.68. The molecule has 1 aromatic carbocycles. The molecule has 0 aromatic heterocycles. The molecule has 31 heavy (non-hydrogen) atoms. The average molecular weight is 453 g/mol. The standard InChI is InChI=1S/C21H28N2O7S/c1-5-28-20(27)30-12(2)29-19(26)16-21(3,4)31-18-15(17(25)23(16)18)22-14(24)11-13-9-7-6-8-10-13/h6-10,12,15-16,18-19,26H,5,11H2,1-4H3,(H,22,24)/t12?,15-,16?,18?,19?/m1/s1. The van der Waals surface area contributed by atoms with Crippen molar-refractivity contribution in [2.45, 2.75) is 68.9 Å². The lowest BCUT2D eigenvalue weighted by Crippen LogP contribution is -2.71. The highest BCUT2D eigenvalue weighted by Crippen LogP contribution is 2.51. The molecule has 4 unspecified atom stereocenters. The summed E-state index contributed by atoms with van der Waals surface area (Å²) in [6.07, 6.45) is -3.17. The summed E-state index contributed by atoms with van der Waals surface area (Å²) in [5.74, 6) is -0.518. The molecule has 0 bridgehead atoms. The molecule has 5 atom stereocenters. The summed E-state index contributed by atoms with van der Waals surface area (Å²) in [7, 11) is 0. The molecule has 170 valence electrons. The number of amides is 2. The molecule has 2 amide bonds. The van der Waals surface area contributed by atoms with Crippen LogP contribution in [0, 0.1) is 0 Å². The van der Waals surface area contributed by atoms with Crippen LogP contribution in [0.3, 0.4) is 0 Å². The van der Waals surface area contributed by atoms with Crippen molar-refractivity contribution < 1.29 is 33.7 Å². The number of rotatable bonds is 8. The van der Waals surface area contributed by atoms with Crippen molar-refractivity contribution in [3.63, 3.8) is 0 Å². The third-order valence-corrected chi connectivity index (χ3v) is 6.76. The van der Waals surface area contributed by atoms with E-state index >= 15 is 0 Å². The van der Waals surface area contributed by atoms with Crippen molar-refractivity contribution in [1.29, 1.82) is 0 Å². The van der Waals surface area contributed by atoms with Gasteiger partial charge in [0.1, 0.15) is 11.4 Å². The Bertz CT molecular complexity index is 819. The Hall–Kier alpha value is -2.30. The molecule has 2 fully saturated rings. The number of aliphatic hydroxyl groups is 1. The van der Waals surface area contributed by atoms with E-state index in [0.717, 1.165) is 5.56 Å². The first kappa shape index (κ1) is 23.4. The summed E-state index contributed by atoms with van der Waals surface area (Å²) < 4.78 is 14.5.